The molecule has 2 aliphatic rings. The van der Waals surface area contributed by atoms with Crippen molar-refractivity contribution >= 4 is 62.3 Å². The van der Waals surface area contributed by atoms with Crippen molar-refractivity contribution in [3.8, 4) is 11.5 Å². The molecule has 6 rings (SSSR count). The van der Waals surface area contributed by atoms with Gasteiger partial charge in [0.2, 0.25) is 0 Å². The number of benzene rings is 2. The van der Waals surface area contributed by atoms with Crippen LogP contribution in [0.15, 0.2) is 60.8 Å². The van der Waals surface area contributed by atoms with Gasteiger partial charge in [-0.05, 0) is 74.5 Å². The molecular formula is C27H27N5O3S2. The second-order valence-electron chi connectivity index (χ2n) is 8.42. The van der Waals surface area contributed by atoms with Gasteiger partial charge in [0.25, 0.3) is 5.91 Å². The second-order valence-corrected chi connectivity index (χ2v) is 10.7. The molecule has 1 unspecified atom stereocenters. The Labute approximate surface area is 223 Å². The highest BCUT2D eigenvalue weighted by Crippen LogP contribution is 2.46. The van der Waals surface area contributed by atoms with Gasteiger partial charge in [0, 0.05) is 6.20 Å². The monoisotopic (exact) mass is 533 g/mol. The van der Waals surface area contributed by atoms with Gasteiger partial charge in [-0.2, -0.15) is 0 Å². The largest absolute Gasteiger partial charge is 0.457 e. The Hall–Kier alpha value is -3.60. The van der Waals surface area contributed by atoms with E-state index in [1.54, 1.807) is 22.9 Å². The van der Waals surface area contributed by atoms with Crippen LogP contribution < -0.4 is 26.0 Å². The molecule has 4 heterocycles. The summed E-state index contributed by atoms with van der Waals surface area (Å²) in [5.41, 5.74) is 7.37. The van der Waals surface area contributed by atoms with Gasteiger partial charge in [-0.25, -0.2) is 9.78 Å². The van der Waals surface area contributed by atoms with E-state index in [4.69, 9.17) is 4.74 Å². The number of rotatable bonds is 5. The number of para-hydroxylation sites is 1. The SMILES string of the molecule is CN.Cc1cc(Oc2ccccc2)ccc1N1C(=O)Nc2c(C(=O)NC3CCCS3)sc3nccc1c23. The molecule has 0 spiro atoms. The molecule has 0 bridgehead atoms. The van der Waals surface area contributed by atoms with Crippen LogP contribution >= 0.6 is 23.1 Å². The van der Waals surface area contributed by atoms with Crippen LogP contribution in [0.5, 0.6) is 11.5 Å². The van der Waals surface area contributed by atoms with Gasteiger partial charge >= 0.3 is 6.03 Å². The predicted molar refractivity (Wildman–Crippen MR) is 152 cm³/mol. The van der Waals surface area contributed by atoms with Gasteiger partial charge in [-0.1, -0.05) is 18.2 Å². The molecule has 8 nitrogen and oxygen atoms in total. The molecule has 4 N–H and O–H groups in total. The number of urea groups is 1. The molecule has 3 amide bonds. The molecule has 10 heteroatoms. The van der Waals surface area contributed by atoms with Crippen LogP contribution in [0.25, 0.3) is 10.2 Å². The molecule has 1 atom stereocenters. The Bertz CT molecular complexity index is 1450. The van der Waals surface area contributed by atoms with Crippen LogP contribution in [0.1, 0.15) is 28.1 Å². The molecular weight excluding hydrogens is 506 g/mol. The smallest absolute Gasteiger partial charge is 0.331 e. The minimum absolute atomic E-state index is 0.113. The maximum absolute atomic E-state index is 13.4. The number of nitrogens with two attached hydrogens (primary N) is 1. The van der Waals surface area contributed by atoms with Gasteiger partial charge in [0.1, 0.15) is 21.2 Å². The van der Waals surface area contributed by atoms with E-state index in [0.29, 0.717) is 26.8 Å². The summed E-state index contributed by atoms with van der Waals surface area (Å²) in [5, 5.41) is 6.96. The highest BCUT2D eigenvalue weighted by molar-refractivity contribution is 8.00. The lowest BCUT2D eigenvalue weighted by Crippen LogP contribution is -2.36. The number of nitrogens with one attached hydrogen (secondary N) is 2. The summed E-state index contributed by atoms with van der Waals surface area (Å²) in [6, 6.07) is 16.7. The Morgan fingerprint density at radius 2 is 1.95 bits per heavy atom. The number of ether oxygens (including phenoxy) is 1. The highest BCUT2D eigenvalue weighted by Gasteiger charge is 2.34. The number of carbonyl (C=O) groups is 2. The van der Waals surface area contributed by atoms with E-state index >= 15 is 0 Å². The van der Waals surface area contributed by atoms with Crippen LogP contribution in [0.4, 0.5) is 21.9 Å². The Balaban J connectivity index is 0.00000137. The Morgan fingerprint density at radius 3 is 2.68 bits per heavy atom. The number of amides is 3. The van der Waals surface area contributed by atoms with Crippen LogP contribution in [0.3, 0.4) is 0 Å². The van der Waals surface area contributed by atoms with E-state index in [-0.39, 0.29) is 17.3 Å². The summed E-state index contributed by atoms with van der Waals surface area (Å²) in [7, 11) is 1.50. The van der Waals surface area contributed by atoms with Crippen molar-refractivity contribution in [3.05, 3.63) is 71.2 Å². The number of thiophene rings is 1. The number of hydrogen-bond donors (Lipinski definition) is 3. The van der Waals surface area contributed by atoms with Crippen molar-refractivity contribution in [1.82, 2.24) is 10.3 Å². The second kappa shape index (κ2) is 10.8. The van der Waals surface area contributed by atoms with Crippen molar-refractivity contribution in [3.63, 3.8) is 0 Å². The predicted octanol–water partition coefficient (Wildman–Crippen LogP) is 6.24. The summed E-state index contributed by atoms with van der Waals surface area (Å²) in [6.07, 6.45) is 3.74. The fourth-order valence-corrected chi connectivity index (χ4v) is 6.62. The quantitative estimate of drug-likeness (QED) is 0.280. The lowest BCUT2D eigenvalue weighted by molar-refractivity contribution is 0.0954. The maximum Gasteiger partial charge on any atom is 0.331 e. The van der Waals surface area contributed by atoms with Gasteiger partial charge in [0.15, 0.2) is 0 Å². The van der Waals surface area contributed by atoms with E-state index in [1.807, 2.05) is 61.5 Å². The molecule has 2 aliphatic heterocycles. The number of hydrogen-bond acceptors (Lipinski definition) is 7. The van der Waals surface area contributed by atoms with Crippen molar-refractivity contribution < 1.29 is 14.3 Å². The first-order chi connectivity index (χ1) is 18.1. The van der Waals surface area contributed by atoms with E-state index in [2.05, 4.69) is 21.4 Å². The molecule has 4 aromatic rings. The summed E-state index contributed by atoms with van der Waals surface area (Å²) >= 11 is 3.06. The zero-order chi connectivity index (χ0) is 25.9. The average molecular weight is 534 g/mol. The maximum atomic E-state index is 13.4. The Kier molecular flexibility index (Phi) is 7.31. The third-order valence-electron chi connectivity index (χ3n) is 6.06. The topological polar surface area (TPSA) is 110 Å². The van der Waals surface area contributed by atoms with E-state index in [9.17, 15) is 9.59 Å². The van der Waals surface area contributed by atoms with Crippen LogP contribution in [-0.2, 0) is 0 Å². The van der Waals surface area contributed by atoms with Crippen LogP contribution in [0, 0.1) is 6.92 Å². The summed E-state index contributed by atoms with van der Waals surface area (Å²) < 4.78 is 5.95. The zero-order valence-corrected chi connectivity index (χ0v) is 22.1. The standard InChI is InChI=1S/C26H22N4O3S2.CH5N/c1-15-14-17(33-16-6-3-2-4-7-16)9-10-18(15)30-19-11-12-27-25-21(19)22(29-26(30)32)23(35-25)24(31)28-20-8-5-13-34-20;1-2/h2-4,6-7,9-12,14,20H,5,8,13H2,1H3,(H,28,31)(H,29,32);2H2,1H3. The lowest BCUT2D eigenvalue weighted by atomic mass is 10.1. The lowest BCUT2D eigenvalue weighted by Gasteiger charge is -2.29. The van der Waals surface area contributed by atoms with E-state index < -0.39 is 0 Å². The van der Waals surface area contributed by atoms with Crippen molar-refractivity contribution in [2.75, 3.05) is 23.0 Å². The van der Waals surface area contributed by atoms with Gasteiger partial charge < -0.3 is 21.1 Å². The van der Waals surface area contributed by atoms with Crippen LogP contribution in [-0.4, -0.2) is 35.1 Å². The van der Waals surface area contributed by atoms with Gasteiger partial charge in [-0.3, -0.25) is 9.69 Å². The number of pyridine rings is 1. The Morgan fingerprint density at radius 1 is 1.14 bits per heavy atom. The molecule has 0 aliphatic carbocycles. The molecule has 1 fully saturated rings. The summed E-state index contributed by atoms with van der Waals surface area (Å²) in [4.78, 5) is 33.8. The van der Waals surface area contributed by atoms with Gasteiger partial charge in [0.05, 0.1) is 27.8 Å². The number of aromatic nitrogens is 1. The van der Waals surface area contributed by atoms with Crippen LogP contribution in [0.2, 0.25) is 0 Å². The van der Waals surface area contributed by atoms with Crippen molar-refractivity contribution in [1.29, 1.82) is 0 Å². The minimum Gasteiger partial charge on any atom is -0.457 e. The van der Waals surface area contributed by atoms with Crippen molar-refractivity contribution in [2.45, 2.75) is 25.1 Å². The molecule has 1 saturated heterocycles. The fourth-order valence-electron chi connectivity index (χ4n) is 4.45. The third-order valence-corrected chi connectivity index (χ3v) is 8.44. The minimum atomic E-state index is -0.312. The van der Waals surface area contributed by atoms with Gasteiger partial charge in [-0.15, -0.1) is 23.1 Å². The number of aryl methyl sites for hydroxylation is 1. The molecule has 2 aromatic heterocycles. The number of thioether (sulfide) groups is 1. The molecule has 0 radical (unpaired) electrons. The first-order valence-electron chi connectivity index (χ1n) is 11.9. The molecule has 190 valence electrons. The number of anilines is 3. The number of carbonyl (C=O) groups excluding carboxylic acids is 2. The highest BCUT2D eigenvalue weighted by atomic mass is 32.2. The fraction of sp³-hybridized carbons (Fsp3) is 0.222. The normalized spacial score (nSPS) is 16.1. The molecule has 2 aromatic carbocycles. The first-order valence-corrected chi connectivity index (χ1v) is 13.8. The number of nitrogens with zero attached hydrogens (tertiary/aromatic N) is 2. The molecule has 0 saturated carbocycles. The molecule has 37 heavy (non-hydrogen) atoms. The van der Waals surface area contributed by atoms with Crippen molar-refractivity contribution in [2.24, 2.45) is 5.73 Å². The third kappa shape index (κ3) is 4.87. The zero-order valence-electron chi connectivity index (χ0n) is 20.5. The average Bonchev–Trinajstić information content (AvgIpc) is 3.56. The first kappa shape index (κ1) is 25.1. The van der Waals surface area contributed by atoms with E-state index in [1.165, 1.54) is 18.4 Å². The van der Waals surface area contributed by atoms with E-state index in [0.717, 1.165) is 41.0 Å². The summed E-state index contributed by atoms with van der Waals surface area (Å²) in [5.74, 6) is 2.32. The summed E-state index contributed by atoms with van der Waals surface area (Å²) in [6.45, 7) is 1.94.